The van der Waals surface area contributed by atoms with Gasteiger partial charge in [-0.1, -0.05) is 13.8 Å². The number of aryl methyl sites for hydroxylation is 2. The molecule has 20 heavy (non-hydrogen) atoms. The molecule has 0 atom stereocenters. The number of hydrogen-bond donors (Lipinski definition) is 1. The van der Waals surface area contributed by atoms with Gasteiger partial charge in [0.1, 0.15) is 4.88 Å². The van der Waals surface area contributed by atoms with E-state index in [4.69, 9.17) is 4.74 Å². The zero-order valence-corrected chi connectivity index (χ0v) is 12.8. The topological polar surface area (TPSA) is 55.4 Å². The van der Waals surface area contributed by atoms with Crippen LogP contribution in [0.25, 0.3) is 0 Å². The Bertz CT molecular complexity index is 470. The molecule has 4 nitrogen and oxygen atoms in total. The highest BCUT2D eigenvalue weighted by Gasteiger charge is 2.20. The van der Waals surface area contributed by atoms with Gasteiger partial charge in [-0.05, 0) is 43.7 Å². The fraction of sp³-hybridized carbons (Fsp3) is 0.600. The summed E-state index contributed by atoms with van der Waals surface area (Å²) < 4.78 is 5.08. The van der Waals surface area contributed by atoms with Gasteiger partial charge >= 0.3 is 5.97 Å². The first-order chi connectivity index (χ1) is 9.63. The third-order valence-electron chi connectivity index (χ3n) is 3.63. The van der Waals surface area contributed by atoms with Crippen molar-refractivity contribution >= 4 is 23.2 Å². The molecule has 1 aromatic heterocycles. The lowest BCUT2D eigenvalue weighted by Gasteiger charge is -2.14. The molecule has 0 radical (unpaired) electrons. The van der Waals surface area contributed by atoms with Gasteiger partial charge < -0.3 is 10.1 Å². The zero-order valence-electron chi connectivity index (χ0n) is 12.0. The van der Waals surface area contributed by atoms with Crippen molar-refractivity contribution in [3.8, 4) is 0 Å². The summed E-state index contributed by atoms with van der Waals surface area (Å²) in [5.74, 6) is -0.611. The van der Waals surface area contributed by atoms with Gasteiger partial charge in [0.25, 0.3) is 5.91 Å². The molecule has 0 fully saturated rings. The summed E-state index contributed by atoms with van der Waals surface area (Å²) in [6.07, 6.45) is 5.05. The van der Waals surface area contributed by atoms with Gasteiger partial charge in [-0.2, -0.15) is 0 Å². The normalized spacial score (nSPS) is 13.3. The van der Waals surface area contributed by atoms with Gasteiger partial charge in [-0.3, -0.25) is 4.79 Å². The lowest BCUT2D eigenvalue weighted by atomic mass is 10.2. The quantitative estimate of drug-likeness (QED) is 0.821. The minimum Gasteiger partial charge on any atom is -0.451 e. The molecule has 0 aliphatic heterocycles. The number of carbonyl (C=O) groups is 2. The molecule has 1 aromatic rings. The monoisotopic (exact) mass is 295 g/mol. The van der Waals surface area contributed by atoms with Gasteiger partial charge in [-0.25, -0.2) is 4.79 Å². The first kappa shape index (κ1) is 15.0. The van der Waals surface area contributed by atoms with E-state index in [2.05, 4.69) is 5.32 Å². The lowest BCUT2D eigenvalue weighted by Crippen LogP contribution is -2.36. The van der Waals surface area contributed by atoms with Crippen LogP contribution in [-0.4, -0.2) is 24.5 Å². The molecule has 0 saturated heterocycles. The average molecular weight is 295 g/mol. The number of hydrogen-bond acceptors (Lipinski definition) is 4. The molecule has 1 aliphatic carbocycles. The molecule has 0 bridgehead atoms. The Balaban J connectivity index is 1.81. The Morgan fingerprint density at radius 3 is 2.75 bits per heavy atom. The summed E-state index contributed by atoms with van der Waals surface area (Å²) in [5, 5.41) is 2.85. The van der Waals surface area contributed by atoms with Gasteiger partial charge in [0.05, 0.1) is 0 Å². The summed E-state index contributed by atoms with van der Waals surface area (Å²) in [7, 11) is 0. The van der Waals surface area contributed by atoms with Crippen molar-refractivity contribution in [2.45, 2.75) is 52.0 Å². The SMILES string of the molecule is CCC(CC)NC(=O)COC(=O)c1cc2c(s1)CCC2. The minimum atomic E-state index is -0.385. The summed E-state index contributed by atoms with van der Waals surface area (Å²) in [5.41, 5.74) is 1.27. The van der Waals surface area contributed by atoms with E-state index < -0.39 is 0 Å². The molecule has 2 rings (SSSR count). The molecule has 1 amide bonds. The predicted octanol–water partition coefficient (Wildman–Crippen LogP) is 2.70. The van der Waals surface area contributed by atoms with Gasteiger partial charge in [-0.15, -0.1) is 11.3 Å². The highest BCUT2D eigenvalue weighted by Crippen LogP contribution is 2.30. The average Bonchev–Trinajstić information content (AvgIpc) is 3.03. The molecule has 1 aliphatic rings. The zero-order chi connectivity index (χ0) is 14.5. The maximum Gasteiger partial charge on any atom is 0.348 e. The molecule has 0 spiro atoms. The fourth-order valence-electron chi connectivity index (χ4n) is 2.39. The van der Waals surface area contributed by atoms with Gasteiger partial charge in [0, 0.05) is 10.9 Å². The first-order valence-electron chi connectivity index (χ1n) is 7.22. The van der Waals surface area contributed by atoms with Crippen LogP contribution in [-0.2, 0) is 22.4 Å². The molecule has 1 N–H and O–H groups in total. The van der Waals surface area contributed by atoms with E-state index in [1.807, 2.05) is 19.9 Å². The maximum atomic E-state index is 11.9. The number of esters is 1. The number of nitrogens with one attached hydrogen (secondary N) is 1. The lowest BCUT2D eigenvalue weighted by molar-refractivity contribution is -0.125. The minimum absolute atomic E-state index is 0.159. The molecule has 0 aromatic carbocycles. The molecular formula is C15H21NO3S. The van der Waals surface area contributed by atoms with Crippen LogP contribution in [0.1, 0.15) is 53.2 Å². The smallest absolute Gasteiger partial charge is 0.348 e. The van der Waals surface area contributed by atoms with Crippen LogP contribution in [0.5, 0.6) is 0 Å². The van der Waals surface area contributed by atoms with Crippen molar-refractivity contribution in [2.75, 3.05) is 6.61 Å². The van der Waals surface area contributed by atoms with E-state index >= 15 is 0 Å². The Morgan fingerprint density at radius 2 is 2.10 bits per heavy atom. The number of ether oxygens (including phenoxy) is 1. The number of fused-ring (bicyclic) bond motifs is 1. The highest BCUT2D eigenvalue weighted by molar-refractivity contribution is 7.14. The molecular weight excluding hydrogens is 274 g/mol. The van der Waals surface area contributed by atoms with Crippen LogP contribution in [0.4, 0.5) is 0 Å². The van der Waals surface area contributed by atoms with Gasteiger partial charge in [0.15, 0.2) is 6.61 Å². The molecule has 110 valence electrons. The standard InChI is InChI=1S/C15H21NO3S/c1-3-11(4-2)16-14(17)9-19-15(18)13-8-10-6-5-7-12(10)20-13/h8,11H,3-7,9H2,1-2H3,(H,16,17). The Kier molecular flexibility index (Phi) is 5.17. The van der Waals surface area contributed by atoms with E-state index in [0.29, 0.717) is 4.88 Å². The van der Waals surface area contributed by atoms with Crippen molar-refractivity contribution in [1.29, 1.82) is 0 Å². The van der Waals surface area contributed by atoms with Crippen molar-refractivity contribution in [3.63, 3.8) is 0 Å². The third-order valence-corrected chi connectivity index (χ3v) is 4.85. The predicted molar refractivity (Wildman–Crippen MR) is 79.1 cm³/mol. The Hall–Kier alpha value is -1.36. The van der Waals surface area contributed by atoms with Crippen molar-refractivity contribution < 1.29 is 14.3 Å². The third kappa shape index (κ3) is 3.60. The summed E-state index contributed by atoms with van der Waals surface area (Å²) >= 11 is 1.50. The second-order valence-electron chi connectivity index (χ2n) is 5.07. The summed E-state index contributed by atoms with van der Waals surface area (Å²) in [6, 6.07) is 2.07. The fourth-order valence-corrected chi connectivity index (χ4v) is 3.54. The van der Waals surface area contributed by atoms with Crippen LogP contribution < -0.4 is 5.32 Å². The Morgan fingerprint density at radius 1 is 1.35 bits per heavy atom. The van der Waals surface area contributed by atoms with Crippen LogP contribution in [0.2, 0.25) is 0 Å². The van der Waals surface area contributed by atoms with Crippen LogP contribution in [0.15, 0.2) is 6.07 Å². The van der Waals surface area contributed by atoms with E-state index in [9.17, 15) is 9.59 Å². The largest absolute Gasteiger partial charge is 0.451 e. The molecule has 0 saturated carbocycles. The summed E-state index contributed by atoms with van der Waals surface area (Å²) in [4.78, 5) is 25.5. The summed E-state index contributed by atoms with van der Waals surface area (Å²) in [6.45, 7) is 3.85. The van der Waals surface area contributed by atoms with Crippen LogP contribution in [0.3, 0.4) is 0 Å². The second kappa shape index (κ2) is 6.88. The van der Waals surface area contributed by atoms with E-state index in [1.54, 1.807) is 0 Å². The Labute approximate surface area is 123 Å². The number of carbonyl (C=O) groups excluding carboxylic acids is 2. The van der Waals surface area contributed by atoms with E-state index in [-0.39, 0.29) is 24.5 Å². The van der Waals surface area contributed by atoms with Crippen molar-refractivity contribution in [1.82, 2.24) is 5.32 Å². The molecule has 0 unspecified atom stereocenters. The van der Waals surface area contributed by atoms with E-state index in [0.717, 1.165) is 25.7 Å². The maximum absolute atomic E-state index is 11.9. The molecule has 5 heteroatoms. The molecule has 1 heterocycles. The number of thiophene rings is 1. The van der Waals surface area contributed by atoms with Crippen molar-refractivity contribution in [3.05, 3.63) is 21.4 Å². The van der Waals surface area contributed by atoms with Crippen LogP contribution >= 0.6 is 11.3 Å². The van der Waals surface area contributed by atoms with Crippen LogP contribution in [0, 0.1) is 0 Å². The highest BCUT2D eigenvalue weighted by atomic mass is 32.1. The second-order valence-corrected chi connectivity index (χ2v) is 6.21. The first-order valence-corrected chi connectivity index (χ1v) is 8.03. The van der Waals surface area contributed by atoms with E-state index in [1.165, 1.54) is 28.2 Å². The number of amides is 1. The van der Waals surface area contributed by atoms with Crippen molar-refractivity contribution in [2.24, 2.45) is 0 Å². The van der Waals surface area contributed by atoms with Gasteiger partial charge in [0.2, 0.25) is 0 Å². The number of rotatable bonds is 6.